The number of rotatable bonds is 3. The normalized spacial score (nSPS) is 9.94. The van der Waals surface area contributed by atoms with E-state index in [1.165, 1.54) is 24.4 Å². The minimum atomic E-state index is -1.05. The molecule has 2 aromatic rings. The molecule has 0 unspecified atom stereocenters. The predicted molar refractivity (Wildman–Crippen MR) is 60.9 cm³/mol. The van der Waals surface area contributed by atoms with Crippen molar-refractivity contribution in [3.8, 4) is 0 Å². The third-order valence-electron chi connectivity index (χ3n) is 2.15. The van der Waals surface area contributed by atoms with E-state index in [-0.39, 0.29) is 5.56 Å². The van der Waals surface area contributed by atoms with Crippen molar-refractivity contribution in [2.75, 3.05) is 5.32 Å². The summed E-state index contributed by atoms with van der Waals surface area (Å²) in [5, 5.41) is 11.4. The van der Waals surface area contributed by atoms with Gasteiger partial charge in [0.15, 0.2) is 0 Å². The molecule has 0 amide bonds. The highest BCUT2D eigenvalue weighted by Gasteiger charge is 2.04. The molecule has 2 rings (SSSR count). The van der Waals surface area contributed by atoms with Crippen LogP contribution >= 0.6 is 0 Å². The van der Waals surface area contributed by atoms with Gasteiger partial charge in [-0.05, 0) is 24.3 Å². The van der Waals surface area contributed by atoms with Crippen LogP contribution in [-0.4, -0.2) is 16.1 Å². The van der Waals surface area contributed by atoms with Crippen molar-refractivity contribution in [2.24, 2.45) is 0 Å². The molecule has 5 heteroatoms. The number of halogens is 1. The zero-order valence-electron chi connectivity index (χ0n) is 8.72. The first-order valence-corrected chi connectivity index (χ1v) is 4.88. The number of carboxylic acids is 1. The maximum Gasteiger partial charge on any atom is 0.337 e. The number of hydrogen-bond donors (Lipinski definition) is 2. The molecular weight excluding hydrogens is 223 g/mol. The number of anilines is 2. The van der Waals surface area contributed by atoms with Gasteiger partial charge in [-0.3, -0.25) is 0 Å². The fraction of sp³-hybridized carbons (Fsp3) is 0. The van der Waals surface area contributed by atoms with Crippen LogP contribution in [-0.2, 0) is 0 Å². The second-order valence-corrected chi connectivity index (χ2v) is 3.34. The number of para-hydroxylation sites is 1. The minimum absolute atomic E-state index is 0.0871. The molecule has 86 valence electrons. The van der Waals surface area contributed by atoms with Crippen molar-refractivity contribution < 1.29 is 14.3 Å². The molecule has 0 saturated heterocycles. The second-order valence-electron chi connectivity index (χ2n) is 3.34. The first-order valence-electron chi connectivity index (χ1n) is 4.88. The third-order valence-corrected chi connectivity index (χ3v) is 2.15. The van der Waals surface area contributed by atoms with Crippen LogP contribution in [0.4, 0.5) is 15.9 Å². The average molecular weight is 232 g/mol. The average Bonchev–Trinajstić information content (AvgIpc) is 2.33. The van der Waals surface area contributed by atoms with E-state index in [1.54, 1.807) is 18.2 Å². The summed E-state index contributed by atoms with van der Waals surface area (Å²) < 4.78 is 13.3. The number of hydrogen-bond acceptors (Lipinski definition) is 3. The maximum atomic E-state index is 13.3. The lowest BCUT2D eigenvalue weighted by Gasteiger charge is -2.06. The van der Waals surface area contributed by atoms with Gasteiger partial charge in [-0.1, -0.05) is 12.1 Å². The van der Waals surface area contributed by atoms with Crippen LogP contribution in [0.2, 0.25) is 0 Å². The van der Waals surface area contributed by atoms with Crippen molar-refractivity contribution >= 4 is 17.5 Å². The van der Waals surface area contributed by atoms with Crippen LogP contribution in [0, 0.1) is 5.82 Å². The van der Waals surface area contributed by atoms with Gasteiger partial charge in [0.25, 0.3) is 0 Å². The van der Waals surface area contributed by atoms with Gasteiger partial charge in [-0.25, -0.2) is 14.2 Å². The lowest BCUT2D eigenvalue weighted by molar-refractivity contribution is 0.0696. The van der Waals surface area contributed by atoms with E-state index in [0.29, 0.717) is 11.5 Å². The highest BCUT2D eigenvalue weighted by Crippen LogP contribution is 2.17. The molecule has 0 saturated carbocycles. The molecule has 1 aromatic heterocycles. The zero-order chi connectivity index (χ0) is 12.3. The number of aromatic nitrogens is 1. The molecule has 0 aliphatic carbocycles. The summed E-state index contributed by atoms with van der Waals surface area (Å²) in [7, 11) is 0. The number of aromatic carboxylic acids is 1. The van der Waals surface area contributed by atoms with Gasteiger partial charge in [0.2, 0.25) is 0 Å². The van der Waals surface area contributed by atoms with Crippen LogP contribution in [0.1, 0.15) is 10.4 Å². The van der Waals surface area contributed by atoms with Gasteiger partial charge in [0.05, 0.1) is 11.3 Å². The van der Waals surface area contributed by atoms with Crippen molar-refractivity contribution in [1.29, 1.82) is 0 Å². The van der Waals surface area contributed by atoms with Crippen LogP contribution < -0.4 is 5.32 Å². The first-order chi connectivity index (χ1) is 8.16. The highest BCUT2D eigenvalue weighted by molar-refractivity contribution is 5.87. The molecule has 0 bridgehead atoms. The third kappa shape index (κ3) is 2.57. The number of benzene rings is 1. The summed E-state index contributed by atoms with van der Waals surface area (Å²) in [6.07, 6.45) is 1.21. The SMILES string of the molecule is O=C(O)c1ccc(Nc2ccccc2F)nc1. The number of carbonyl (C=O) groups is 1. The molecule has 0 aliphatic heterocycles. The van der Waals surface area contributed by atoms with Gasteiger partial charge >= 0.3 is 5.97 Å². The molecule has 1 aromatic carbocycles. The second kappa shape index (κ2) is 4.61. The van der Waals surface area contributed by atoms with E-state index < -0.39 is 11.8 Å². The molecular formula is C12H9FN2O2. The van der Waals surface area contributed by atoms with E-state index in [2.05, 4.69) is 10.3 Å². The minimum Gasteiger partial charge on any atom is -0.478 e. The molecule has 2 N–H and O–H groups in total. The molecule has 17 heavy (non-hydrogen) atoms. The van der Waals surface area contributed by atoms with Gasteiger partial charge in [-0.2, -0.15) is 0 Å². The smallest absolute Gasteiger partial charge is 0.337 e. The van der Waals surface area contributed by atoms with E-state index in [0.717, 1.165) is 0 Å². The first kappa shape index (κ1) is 11.1. The summed E-state index contributed by atoms with van der Waals surface area (Å²) in [5.41, 5.74) is 0.382. The standard InChI is InChI=1S/C12H9FN2O2/c13-9-3-1-2-4-10(9)15-11-6-5-8(7-14-11)12(16)17/h1-7H,(H,14,15)(H,16,17). The Morgan fingerprint density at radius 3 is 2.59 bits per heavy atom. The Labute approximate surface area is 96.7 Å². The summed E-state index contributed by atoms with van der Waals surface area (Å²) >= 11 is 0. The molecule has 0 atom stereocenters. The Morgan fingerprint density at radius 1 is 1.24 bits per heavy atom. The van der Waals surface area contributed by atoms with E-state index in [1.807, 2.05) is 0 Å². The Balaban J connectivity index is 2.20. The number of carboxylic acid groups (broad SMARTS) is 1. The van der Waals surface area contributed by atoms with Crippen molar-refractivity contribution in [3.63, 3.8) is 0 Å². The zero-order valence-corrected chi connectivity index (χ0v) is 8.72. The number of pyridine rings is 1. The summed E-state index contributed by atoms with van der Waals surface area (Å²) in [5.74, 6) is -1.05. The molecule has 0 spiro atoms. The van der Waals surface area contributed by atoms with Gasteiger partial charge in [0.1, 0.15) is 11.6 Å². The fourth-order valence-corrected chi connectivity index (χ4v) is 1.29. The van der Waals surface area contributed by atoms with Crippen molar-refractivity contribution in [1.82, 2.24) is 4.98 Å². The number of nitrogens with one attached hydrogen (secondary N) is 1. The predicted octanol–water partition coefficient (Wildman–Crippen LogP) is 2.66. The highest BCUT2D eigenvalue weighted by atomic mass is 19.1. The van der Waals surface area contributed by atoms with Gasteiger partial charge in [0, 0.05) is 6.20 Å². The molecule has 0 fully saturated rings. The quantitative estimate of drug-likeness (QED) is 0.853. The van der Waals surface area contributed by atoms with Crippen LogP contribution in [0.15, 0.2) is 42.6 Å². The lowest BCUT2D eigenvalue weighted by Crippen LogP contribution is -2.00. The van der Waals surface area contributed by atoms with Crippen molar-refractivity contribution in [2.45, 2.75) is 0 Å². The maximum absolute atomic E-state index is 13.3. The monoisotopic (exact) mass is 232 g/mol. The van der Waals surface area contributed by atoms with Gasteiger partial charge in [-0.15, -0.1) is 0 Å². The fourth-order valence-electron chi connectivity index (χ4n) is 1.29. The van der Waals surface area contributed by atoms with Gasteiger partial charge < -0.3 is 10.4 Å². The molecule has 4 nitrogen and oxygen atoms in total. The van der Waals surface area contributed by atoms with E-state index in [9.17, 15) is 9.18 Å². The molecule has 0 aliphatic rings. The van der Waals surface area contributed by atoms with Crippen LogP contribution in [0.25, 0.3) is 0 Å². The Kier molecular flexibility index (Phi) is 3.00. The Morgan fingerprint density at radius 2 is 2.00 bits per heavy atom. The topological polar surface area (TPSA) is 62.2 Å². The van der Waals surface area contributed by atoms with E-state index in [4.69, 9.17) is 5.11 Å². The Hall–Kier alpha value is -2.43. The molecule has 1 heterocycles. The van der Waals surface area contributed by atoms with Crippen LogP contribution in [0.3, 0.4) is 0 Å². The largest absolute Gasteiger partial charge is 0.478 e. The molecule has 0 radical (unpaired) electrons. The van der Waals surface area contributed by atoms with E-state index >= 15 is 0 Å². The summed E-state index contributed by atoms with van der Waals surface area (Å²) in [4.78, 5) is 14.5. The van der Waals surface area contributed by atoms with Crippen LogP contribution in [0.5, 0.6) is 0 Å². The summed E-state index contributed by atoms with van der Waals surface area (Å²) in [6.45, 7) is 0. The summed E-state index contributed by atoms with van der Waals surface area (Å²) in [6, 6.07) is 9.06. The lowest BCUT2D eigenvalue weighted by atomic mass is 10.2. The van der Waals surface area contributed by atoms with Crippen molar-refractivity contribution in [3.05, 3.63) is 54.0 Å². The Bertz CT molecular complexity index is 540. The number of nitrogens with zero attached hydrogens (tertiary/aromatic N) is 1.